The van der Waals surface area contributed by atoms with Gasteiger partial charge in [-0.1, -0.05) is 42.5 Å². The van der Waals surface area contributed by atoms with Gasteiger partial charge in [0.15, 0.2) is 0 Å². The van der Waals surface area contributed by atoms with Gasteiger partial charge >= 0.3 is 0 Å². The van der Waals surface area contributed by atoms with Crippen LogP contribution in [-0.4, -0.2) is 15.5 Å². The van der Waals surface area contributed by atoms with Crippen LogP contribution in [0.15, 0.2) is 65.6 Å². The van der Waals surface area contributed by atoms with Gasteiger partial charge in [0.2, 0.25) is 10.0 Å². The lowest BCUT2D eigenvalue weighted by molar-refractivity contribution is 0.406. The van der Waals surface area contributed by atoms with Crippen molar-refractivity contribution in [3.63, 3.8) is 0 Å². The molecule has 0 saturated heterocycles. The summed E-state index contributed by atoms with van der Waals surface area (Å²) in [6, 6.07) is 14.4. The normalized spacial score (nSPS) is 12.2. The second-order valence-corrected chi connectivity index (χ2v) is 6.96. The lowest BCUT2D eigenvalue weighted by atomic mass is 10.0. The van der Waals surface area contributed by atoms with Gasteiger partial charge < -0.3 is 4.74 Å². The lowest BCUT2D eigenvalue weighted by Gasteiger charge is -2.20. The first-order valence-corrected chi connectivity index (χ1v) is 8.68. The summed E-state index contributed by atoms with van der Waals surface area (Å²) in [6.45, 7) is 5.55. The number of aryl methyl sites for hydroxylation is 1. The van der Waals surface area contributed by atoms with Crippen molar-refractivity contribution in [2.75, 3.05) is 7.11 Å². The van der Waals surface area contributed by atoms with Crippen LogP contribution in [0.25, 0.3) is 0 Å². The van der Waals surface area contributed by atoms with Crippen LogP contribution in [0.5, 0.6) is 5.75 Å². The molecule has 0 aromatic heterocycles. The number of ether oxygens (including phenoxy) is 1. The zero-order valence-electron chi connectivity index (χ0n) is 13.5. The number of nitriles is 1. The number of sulfonamides is 1. The zero-order chi connectivity index (χ0) is 17.7. The largest absolute Gasteiger partial charge is 0.496 e. The maximum absolute atomic E-state index is 12.6. The van der Waals surface area contributed by atoms with E-state index >= 15 is 0 Å². The molecule has 2 rings (SSSR count). The number of rotatable bonds is 6. The Labute approximate surface area is 142 Å². The molecule has 0 aliphatic heterocycles. The Kier molecular flexibility index (Phi) is 5.39. The number of para-hydroxylation sites is 1. The minimum atomic E-state index is -3.82. The molecule has 5 nitrogen and oxygen atoms in total. The fraction of sp³-hybridized carbons (Fsp3) is 0.167. The number of hydrogen-bond donors (Lipinski definition) is 1. The highest BCUT2D eigenvalue weighted by Gasteiger charge is 2.25. The maximum atomic E-state index is 12.6. The Bertz CT molecular complexity index is 881. The third kappa shape index (κ3) is 3.82. The van der Waals surface area contributed by atoms with E-state index in [1.165, 1.54) is 19.2 Å². The van der Waals surface area contributed by atoms with E-state index in [0.29, 0.717) is 11.3 Å². The quantitative estimate of drug-likeness (QED) is 0.818. The second-order valence-electron chi connectivity index (χ2n) is 5.25. The summed E-state index contributed by atoms with van der Waals surface area (Å²) < 4.78 is 33.1. The third-order valence-corrected chi connectivity index (χ3v) is 4.99. The highest BCUT2D eigenvalue weighted by molar-refractivity contribution is 7.89. The van der Waals surface area contributed by atoms with E-state index in [9.17, 15) is 13.7 Å². The topological polar surface area (TPSA) is 79.2 Å². The number of nitrogens with one attached hydrogen (secondary N) is 1. The summed E-state index contributed by atoms with van der Waals surface area (Å²) in [4.78, 5) is 0.124. The molecule has 0 unspecified atom stereocenters. The number of hydrogen-bond acceptors (Lipinski definition) is 4. The van der Waals surface area contributed by atoms with E-state index in [0.717, 1.165) is 5.56 Å². The van der Waals surface area contributed by atoms with Crippen LogP contribution in [0.4, 0.5) is 0 Å². The molecule has 0 aliphatic rings. The first kappa shape index (κ1) is 17.7. The van der Waals surface area contributed by atoms with E-state index in [4.69, 9.17) is 4.74 Å². The van der Waals surface area contributed by atoms with Crippen molar-refractivity contribution in [3.8, 4) is 11.8 Å². The molecule has 0 amide bonds. The lowest BCUT2D eigenvalue weighted by Crippen LogP contribution is -2.29. The monoisotopic (exact) mass is 342 g/mol. The summed E-state index contributed by atoms with van der Waals surface area (Å²) in [5.74, 6) is 0.477. The van der Waals surface area contributed by atoms with E-state index in [2.05, 4.69) is 11.3 Å². The number of methoxy groups -OCH3 is 1. The second kappa shape index (κ2) is 7.30. The molecule has 1 N–H and O–H groups in total. The van der Waals surface area contributed by atoms with Gasteiger partial charge in [0, 0.05) is 11.1 Å². The van der Waals surface area contributed by atoms with Gasteiger partial charge in [0.25, 0.3) is 0 Å². The zero-order valence-corrected chi connectivity index (χ0v) is 14.3. The minimum Gasteiger partial charge on any atom is -0.496 e. The standard InChI is InChI=1S/C18H18N2O3S/c1-13-8-10-15(11-9-13)24(21,22)20-18(14(2)12-19)16-6-4-5-7-17(16)23-3/h4-11,18,20H,2H2,1,3H3/t18-/m1/s1. The molecule has 0 bridgehead atoms. The summed E-state index contributed by atoms with van der Waals surface area (Å²) in [6.07, 6.45) is 0. The SMILES string of the molecule is C=C(C#N)[C@@H](NS(=O)(=O)c1ccc(C)cc1)c1ccccc1OC. The molecular formula is C18H18N2O3S. The van der Waals surface area contributed by atoms with Crippen LogP contribution in [0.3, 0.4) is 0 Å². The molecule has 0 aliphatic carbocycles. The fourth-order valence-electron chi connectivity index (χ4n) is 2.23. The van der Waals surface area contributed by atoms with Crippen LogP contribution in [0, 0.1) is 18.3 Å². The molecule has 1 atom stereocenters. The average Bonchev–Trinajstić information content (AvgIpc) is 2.59. The average molecular weight is 342 g/mol. The first-order chi connectivity index (χ1) is 11.4. The number of nitrogens with zero attached hydrogens (tertiary/aromatic N) is 1. The van der Waals surface area contributed by atoms with Crippen LogP contribution in [0.2, 0.25) is 0 Å². The first-order valence-electron chi connectivity index (χ1n) is 7.20. The van der Waals surface area contributed by atoms with Crippen molar-refractivity contribution in [2.45, 2.75) is 17.9 Å². The fourth-order valence-corrected chi connectivity index (χ4v) is 3.44. The van der Waals surface area contributed by atoms with Crippen molar-refractivity contribution in [3.05, 3.63) is 71.8 Å². The molecule has 124 valence electrons. The van der Waals surface area contributed by atoms with Crippen LogP contribution < -0.4 is 9.46 Å². The molecule has 2 aromatic carbocycles. The van der Waals surface area contributed by atoms with Crippen molar-refractivity contribution in [2.24, 2.45) is 0 Å². The molecule has 24 heavy (non-hydrogen) atoms. The molecule has 0 spiro atoms. The van der Waals surface area contributed by atoms with Gasteiger partial charge in [-0.3, -0.25) is 0 Å². The Morgan fingerprint density at radius 2 is 1.83 bits per heavy atom. The van der Waals surface area contributed by atoms with Gasteiger partial charge in [0.1, 0.15) is 5.75 Å². The predicted octanol–water partition coefficient (Wildman–Crippen LogP) is 3.10. The third-order valence-electron chi connectivity index (χ3n) is 3.55. The van der Waals surface area contributed by atoms with Crippen molar-refractivity contribution in [1.29, 1.82) is 5.26 Å². The highest BCUT2D eigenvalue weighted by atomic mass is 32.2. The van der Waals surface area contributed by atoms with Crippen LogP contribution in [-0.2, 0) is 10.0 Å². The Morgan fingerprint density at radius 3 is 2.42 bits per heavy atom. The summed E-state index contributed by atoms with van der Waals surface area (Å²) in [7, 11) is -2.34. The highest BCUT2D eigenvalue weighted by Crippen LogP contribution is 2.30. The van der Waals surface area contributed by atoms with Crippen molar-refractivity contribution in [1.82, 2.24) is 4.72 Å². The van der Waals surface area contributed by atoms with E-state index < -0.39 is 16.1 Å². The minimum absolute atomic E-state index is 0.0789. The van der Waals surface area contributed by atoms with Gasteiger partial charge in [-0.05, 0) is 25.1 Å². The molecule has 0 heterocycles. The van der Waals surface area contributed by atoms with Crippen molar-refractivity contribution >= 4 is 10.0 Å². The van der Waals surface area contributed by atoms with Crippen LogP contribution in [0.1, 0.15) is 17.2 Å². The summed E-state index contributed by atoms with van der Waals surface area (Å²) in [5.41, 5.74) is 1.56. The van der Waals surface area contributed by atoms with E-state index in [1.807, 2.05) is 13.0 Å². The molecular weight excluding hydrogens is 324 g/mol. The molecule has 2 aromatic rings. The van der Waals surface area contributed by atoms with Crippen LogP contribution >= 0.6 is 0 Å². The maximum Gasteiger partial charge on any atom is 0.241 e. The van der Waals surface area contributed by atoms with Gasteiger partial charge in [-0.15, -0.1) is 0 Å². The molecule has 6 heteroatoms. The number of benzene rings is 2. The van der Waals surface area contributed by atoms with Crippen molar-refractivity contribution < 1.29 is 13.2 Å². The molecule has 0 fully saturated rings. The van der Waals surface area contributed by atoms with Gasteiger partial charge in [-0.2, -0.15) is 9.98 Å². The molecule has 0 radical (unpaired) electrons. The molecule has 0 saturated carbocycles. The Hall–Kier alpha value is -2.62. The Balaban J connectivity index is 2.45. The van der Waals surface area contributed by atoms with E-state index in [1.54, 1.807) is 36.4 Å². The summed E-state index contributed by atoms with van der Waals surface area (Å²) >= 11 is 0. The smallest absolute Gasteiger partial charge is 0.241 e. The summed E-state index contributed by atoms with van der Waals surface area (Å²) in [5, 5.41) is 9.21. The predicted molar refractivity (Wildman–Crippen MR) is 92.0 cm³/mol. The van der Waals surface area contributed by atoms with Gasteiger partial charge in [0.05, 0.1) is 24.1 Å². The Morgan fingerprint density at radius 1 is 1.21 bits per heavy atom. The van der Waals surface area contributed by atoms with Gasteiger partial charge in [-0.25, -0.2) is 8.42 Å². The van der Waals surface area contributed by atoms with E-state index in [-0.39, 0.29) is 10.5 Å².